The first kappa shape index (κ1) is 18.2. The summed E-state index contributed by atoms with van der Waals surface area (Å²) in [6.45, 7) is -0.571. The van der Waals surface area contributed by atoms with Crippen molar-refractivity contribution >= 4 is 40.9 Å². The van der Waals surface area contributed by atoms with Crippen LogP contribution in [0.25, 0.3) is 0 Å². The standard InChI is InChI=1S/C16H12ClF2NO3S/c17-10-5-6-13(12(19)7-10)20-15(21)8-23-16(22)9-24-14-4-2-1-3-11(14)18/h1-7H,8-9H2,(H,20,21). The lowest BCUT2D eigenvalue weighted by atomic mass is 10.3. The SMILES string of the molecule is O=C(COC(=O)CSc1ccccc1F)Nc1ccc(Cl)cc1F. The number of nitrogens with one attached hydrogen (secondary N) is 1. The molecule has 0 bridgehead atoms. The van der Waals surface area contributed by atoms with Crippen molar-refractivity contribution in [3.05, 3.63) is 59.1 Å². The predicted octanol–water partition coefficient (Wildman–Crippen LogP) is 3.89. The molecule has 2 rings (SSSR count). The minimum atomic E-state index is -0.697. The van der Waals surface area contributed by atoms with Crippen molar-refractivity contribution in [2.24, 2.45) is 0 Å². The van der Waals surface area contributed by atoms with Crippen LogP contribution < -0.4 is 5.32 Å². The van der Waals surface area contributed by atoms with Crippen LogP contribution in [0.1, 0.15) is 0 Å². The Morgan fingerprint density at radius 2 is 1.88 bits per heavy atom. The largest absolute Gasteiger partial charge is 0.455 e. The molecule has 0 aromatic heterocycles. The van der Waals surface area contributed by atoms with Gasteiger partial charge in [0, 0.05) is 9.92 Å². The van der Waals surface area contributed by atoms with Gasteiger partial charge in [-0.15, -0.1) is 11.8 Å². The van der Waals surface area contributed by atoms with Crippen LogP contribution in [-0.2, 0) is 14.3 Å². The lowest BCUT2D eigenvalue weighted by molar-refractivity contribution is -0.144. The zero-order valence-electron chi connectivity index (χ0n) is 12.2. The number of anilines is 1. The first-order valence-corrected chi connectivity index (χ1v) is 8.10. The van der Waals surface area contributed by atoms with Crippen LogP contribution in [0.3, 0.4) is 0 Å². The second kappa shape index (κ2) is 8.65. The zero-order valence-corrected chi connectivity index (χ0v) is 13.8. The van der Waals surface area contributed by atoms with Crippen molar-refractivity contribution in [3.8, 4) is 0 Å². The lowest BCUT2D eigenvalue weighted by Gasteiger charge is -2.08. The number of thioether (sulfide) groups is 1. The molecule has 0 aliphatic carbocycles. The van der Waals surface area contributed by atoms with E-state index in [1.165, 1.54) is 30.3 Å². The highest BCUT2D eigenvalue weighted by atomic mass is 35.5. The van der Waals surface area contributed by atoms with Crippen LogP contribution in [0.4, 0.5) is 14.5 Å². The van der Waals surface area contributed by atoms with Gasteiger partial charge in [-0.05, 0) is 30.3 Å². The highest BCUT2D eigenvalue weighted by Gasteiger charge is 2.12. The number of hydrogen-bond donors (Lipinski definition) is 1. The van der Waals surface area contributed by atoms with Crippen molar-refractivity contribution < 1.29 is 23.1 Å². The second-order valence-electron chi connectivity index (χ2n) is 4.55. The third kappa shape index (κ3) is 5.50. The van der Waals surface area contributed by atoms with Crippen LogP contribution in [0, 0.1) is 11.6 Å². The highest BCUT2D eigenvalue weighted by molar-refractivity contribution is 8.00. The molecule has 0 heterocycles. The average molecular weight is 372 g/mol. The molecule has 0 saturated heterocycles. The number of halogens is 3. The van der Waals surface area contributed by atoms with Gasteiger partial charge in [-0.2, -0.15) is 0 Å². The predicted molar refractivity (Wildman–Crippen MR) is 88.1 cm³/mol. The van der Waals surface area contributed by atoms with E-state index in [-0.39, 0.29) is 16.5 Å². The summed E-state index contributed by atoms with van der Waals surface area (Å²) in [4.78, 5) is 23.5. The molecule has 126 valence electrons. The van der Waals surface area contributed by atoms with Gasteiger partial charge in [0.15, 0.2) is 6.61 Å². The second-order valence-corrected chi connectivity index (χ2v) is 6.01. The monoisotopic (exact) mass is 371 g/mol. The number of ether oxygens (including phenoxy) is 1. The summed E-state index contributed by atoms with van der Waals surface area (Å²) in [6, 6.07) is 9.75. The minimum absolute atomic E-state index is 0.0684. The van der Waals surface area contributed by atoms with Crippen LogP contribution in [0.5, 0.6) is 0 Å². The van der Waals surface area contributed by atoms with Crippen LogP contribution >= 0.6 is 23.4 Å². The fourth-order valence-corrected chi connectivity index (χ4v) is 2.56. The van der Waals surface area contributed by atoms with Crippen LogP contribution in [-0.4, -0.2) is 24.2 Å². The number of carbonyl (C=O) groups excluding carboxylic acids is 2. The van der Waals surface area contributed by atoms with Gasteiger partial charge in [-0.25, -0.2) is 8.78 Å². The molecule has 0 spiro atoms. The van der Waals surface area contributed by atoms with E-state index < -0.39 is 30.1 Å². The van der Waals surface area contributed by atoms with Gasteiger partial charge in [0.1, 0.15) is 11.6 Å². The first-order chi connectivity index (χ1) is 11.5. The molecule has 0 fully saturated rings. The molecule has 0 aliphatic heterocycles. The number of rotatable bonds is 6. The summed E-state index contributed by atoms with van der Waals surface area (Å²) >= 11 is 6.56. The van der Waals surface area contributed by atoms with Crippen molar-refractivity contribution in [1.82, 2.24) is 0 Å². The molecule has 0 saturated carbocycles. The van der Waals surface area contributed by atoms with E-state index in [9.17, 15) is 18.4 Å². The fourth-order valence-electron chi connectivity index (χ4n) is 1.66. The third-order valence-corrected chi connectivity index (χ3v) is 4.01. The van der Waals surface area contributed by atoms with Crippen molar-refractivity contribution in [2.45, 2.75) is 4.90 Å². The molecule has 8 heteroatoms. The Morgan fingerprint density at radius 1 is 1.12 bits per heavy atom. The summed E-state index contributed by atoms with van der Waals surface area (Å²) in [6.07, 6.45) is 0. The van der Waals surface area contributed by atoms with E-state index in [1.54, 1.807) is 6.07 Å². The van der Waals surface area contributed by atoms with Gasteiger partial charge in [0.25, 0.3) is 5.91 Å². The molecule has 0 atom stereocenters. The van der Waals surface area contributed by atoms with Crippen molar-refractivity contribution in [3.63, 3.8) is 0 Å². The Kier molecular flexibility index (Phi) is 6.57. The topological polar surface area (TPSA) is 55.4 Å². The molecule has 24 heavy (non-hydrogen) atoms. The Morgan fingerprint density at radius 3 is 2.58 bits per heavy atom. The van der Waals surface area contributed by atoms with E-state index in [0.717, 1.165) is 17.8 Å². The summed E-state index contributed by atoms with van der Waals surface area (Å²) in [5.41, 5.74) is -0.0684. The van der Waals surface area contributed by atoms with Gasteiger partial charge < -0.3 is 10.1 Å². The van der Waals surface area contributed by atoms with E-state index in [4.69, 9.17) is 16.3 Å². The first-order valence-electron chi connectivity index (χ1n) is 6.73. The average Bonchev–Trinajstić information content (AvgIpc) is 2.55. The van der Waals surface area contributed by atoms with Gasteiger partial charge in [-0.1, -0.05) is 23.7 Å². The summed E-state index contributed by atoms with van der Waals surface area (Å²) in [5.74, 6) is -2.66. The molecule has 1 N–H and O–H groups in total. The maximum Gasteiger partial charge on any atom is 0.316 e. The van der Waals surface area contributed by atoms with Crippen LogP contribution in [0.2, 0.25) is 5.02 Å². The molecule has 0 aliphatic rings. The highest BCUT2D eigenvalue weighted by Crippen LogP contribution is 2.21. The Labute approximate surface area is 146 Å². The number of benzene rings is 2. The van der Waals surface area contributed by atoms with Gasteiger partial charge in [0.05, 0.1) is 11.4 Å². The number of hydrogen-bond acceptors (Lipinski definition) is 4. The normalized spacial score (nSPS) is 10.3. The molecule has 2 aromatic carbocycles. The smallest absolute Gasteiger partial charge is 0.316 e. The van der Waals surface area contributed by atoms with E-state index in [1.807, 2.05) is 0 Å². The summed E-state index contributed by atoms with van der Waals surface area (Å²) in [5, 5.41) is 2.46. The molecule has 4 nitrogen and oxygen atoms in total. The molecule has 2 aromatic rings. The maximum absolute atomic E-state index is 13.5. The number of esters is 1. The molecule has 0 radical (unpaired) electrons. The Bertz CT molecular complexity index is 758. The minimum Gasteiger partial charge on any atom is -0.455 e. The molecule has 1 amide bonds. The number of amides is 1. The van der Waals surface area contributed by atoms with Gasteiger partial charge in [0.2, 0.25) is 0 Å². The Hall–Kier alpha value is -2.12. The fraction of sp³-hybridized carbons (Fsp3) is 0.125. The quantitative estimate of drug-likeness (QED) is 0.618. The van der Waals surface area contributed by atoms with Gasteiger partial charge in [-0.3, -0.25) is 9.59 Å². The lowest BCUT2D eigenvalue weighted by Crippen LogP contribution is -2.22. The van der Waals surface area contributed by atoms with Crippen LogP contribution in [0.15, 0.2) is 47.4 Å². The van der Waals surface area contributed by atoms with Gasteiger partial charge >= 0.3 is 5.97 Å². The molecular weight excluding hydrogens is 360 g/mol. The zero-order chi connectivity index (χ0) is 17.5. The maximum atomic E-state index is 13.5. The van der Waals surface area contributed by atoms with E-state index >= 15 is 0 Å². The van der Waals surface area contributed by atoms with Crippen molar-refractivity contribution in [1.29, 1.82) is 0 Å². The number of carbonyl (C=O) groups is 2. The summed E-state index contributed by atoms with van der Waals surface area (Å²) in [7, 11) is 0. The Balaban J connectivity index is 1.77. The van der Waals surface area contributed by atoms with Crippen molar-refractivity contribution in [2.75, 3.05) is 17.7 Å². The van der Waals surface area contributed by atoms with E-state index in [0.29, 0.717) is 4.90 Å². The van der Waals surface area contributed by atoms with E-state index in [2.05, 4.69) is 5.32 Å². The molecule has 0 unspecified atom stereocenters. The molecular formula is C16H12ClF2NO3S. The third-order valence-electron chi connectivity index (χ3n) is 2.75. The summed E-state index contributed by atoms with van der Waals surface area (Å²) < 4.78 is 31.6.